The zero-order chi connectivity index (χ0) is 16.9. The minimum absolute atomic E-state index is 0. The minimum Gasteiger partial charge on any atom is -0.367 e. The maximum Gasteiger partial charge on any atom is 0.247 e. The highest BCUT2D eigenvalue weighted by atomic mass is 35.5. The van der Waals surface area contributed by atoms with Crippen LogP contribution < -0.4 is 16.4 Å². The molecule has 2 rings (SSSR count). The molecule has 2 amide bonds. The molecule has 1 fully saturated rings. The first-order valence-electron chi connectivity index (χ1n) is 8.30. The Labute approximate surface area is 150 Å². The molecular formula is C18H28ClN3O2. The van der Waals surface area contributed by atoms with Gasteiger partial charge in [0.1, 0.15) is 5.54 Å². The van der Waals surface area contributed by atoms with Gasteiger partial charge in [-0.05, 0) is 50.3 Å². The Morgan fingerprint density at radius 3 is 2.42 bits per heavy atom. The number of piperidine rings is 1. The molecular weight excluding hydrogens is 326 g/mol. The Bertz CT molecular complexity index is 546. The zero-order valence-electron chi connectivity index (χ0n) is 14.4. The van der Waals surface area contributed by atoms with E-state index < -0.39 is 11.4 Å². The van der Waals surface area contributed by atoms with Gasteiger partial charge in [0.25, 0.3) is 0 Å². The minimum atomic E-state index is -1.17. The van der Waals surface area contributed by atoms with E-state index in [1.807, 2.05) is 18.2 Å². The summed E-state index contributed by atoms with van der Waals surface area (Å²) in [6, 6.07) is 9.15. The van der Waals surface area contributed by atoms with Crippen LogP contribution in [0.1, 0.15) is 38.7 Å². The SMILES string of the molecule is CC(CC(=O)NC(C)(C(N)=O)c1ccccc1)C1CCNCC1.Cl. The molecule has 24 heavy (non-hydrogen) atoms. The second-order valence-corrected chi connectivity index (χ2v) is 6.67. The number of nitrogens with one attached hydrogen (secondary N) is 2. The molecule has 1 aromatic carbocycles. The lowest BCUT2D eigenvalue weighted by Crippen LogP contribution is -2.53. The van der Waals surface area contributed by atoms with Gasteiger partial charge in [-0.3, -0.25) is 9.59 Å². The van der Waals surface area contributed by atoms with Gasteiger partial charge in [-0.1, -0.05) is 37.3 Å². The normalized spacial score (nSPS) is 18.8. The highest BCUT2D eigenvalue weighted by molar-refractivity contribution is 5.91. The van der Waals surface area contributed by atoms with Crippen LogP contribution in [0.25, 0.3) is 0 Å². The molecule has 1 aliphatic heterocycles. The molecule has 4 N–H and O–H groups in total. The molecule has 1 aromatic rings. The Hall–Kier alpha value is -1.59. The van der Waals surface area contributed by atoms with Crippen LogP contribution in [0.3, 0.4) is 0 Å². The van der Waals surface area contributed by atoms with E-state index in [1.54, 1.807) is 19.1 Å². The molecule has 0 aliphatic carbocycles. The molecule has 1 aliphatic rings. The predicted octanol–water partition coefficient (Wildman–Crippen LogP) is 1.95. The van der Waals surface area contributed by atoms with Crippen molar-refractivity contribution in [3.8, 4) is 0 Å². The molecule has 0 radical (unpaired) electrons. The Morgan fingerprint density at radius 1 is 1.29 bits per heavy atom. The van der Waals surface area contributed by atoms with E-state index >= 15 is 0 Å². The number of carbonyl (C=O) groups excluding carboxylic acids is 2. The molecule has 1 saturated heterocycles. The summed E-state index contributed by atoms with van der Waals surface area (Å²) in [7, 11) is 0. The van der Waals surface area contributed by atoms with Crippen LogP contribution in [-0.2, 0) is 15.1 Å². The number of carbonyl (C=O) groups is 2. The van der Waals surface area contributed by atoms with Gasteiger partial charge in [0.15, 0.2) is 0 Å². The summed E-state index contributed by atoms with van der Waals surface area (Å²) < 4.78 is 0. The third-order valence-electron chi connectivity index (χ3n) is 4.93. The van der Waals surface area contributed by atoms with Crippen molar-refractivity contribution in [3.05, 3.63) is 35.9 Å². The molecule has 5 nitrogen and oxygen atoms in total. The first-order valence-corrected chi connectivity index (χ1v) is 8.30. The van der Waals surface area contributed by atoms with Crippen molar-refractivity contribution in [2.75, 3.05) is 13.1 Å². The fraction of sp³-hybridized carbons (Fsp3) is 0.556. The summed E-state index contributed by atoms with van der Waals surface area (Å²) in [5.41, 5.74) is 5.09. The van der Waals surface area contributed by atoms with Crippen LogP contribution in [0.2, 0.25) is 0 Å². The summed E-state index contributed by atoms with van der Waals surface area (Å²) in [5, 5.41) is 6.19. The third kappa shape index (κ3) is 4.95. The number of benzene rings is 1. The van der Waals surface area contributed by atoms with Crippen molar-refractivity contribution >= 4 is 24.2 Å². The fourth-order valence-electron chi connectivity index (χ4n) is 3.25. The monoisotopic (exact) mass is 353 g/mol. The Kier molecular flexibility index (Phi) is 7.70. The van der Waals surface area contributed by atoms with Gasteiger partial charge in [-0.2, -0.15) is 0 Å². The van der Waals surface area contributed by atoms with E-state index in [-0.39, 0.29) is 18.3 Å². The topological polar surface area (TPSA) is 84.2 Å². The molecule has 6 heteroatoms. The van der Waals surface area contributed by atoms with Crippen LogP contribution in [0.15, 0.2) is 30.3 Å². The van der Waals surface area contributed by atoms with E-state index in [9.17, 15) is 9.59 Å². The van der Waals surface area contributed by atoms with Crippen molar-refractivity contribution in [3.63, 3.8) is 0 Å². The lowest BCUT2D eigenvalue weighted by atomic mass is 9.83. The molecule has 2 atom stereocenters. The van der Waals surface area contributed by atoms with Gasteiger partial charge < -0.3 is 16.4 Å². The summed E-state index contributed by atoms with van der Waals surface area (Å²) in [4.78, 5) is 24.4. The van der Waals surface area contributed by atoms with Gasteiger partial charge in [-0.25, -0.2) is 0 Å². The number of hydrogen-bond acceptors (Lipinski definition) is 3. The van der Waals surface area contributed by atoms with Gasteiger partial charge >= 0.3 is 0 Å². The van der Waals surface area contributed by atoms with Gasteiger partial charge in [0.2, 0.25) is 11.8 Å². The van der Waals surface area contributed by atoms with Gasteiger partial charge in [0, 0.05) is 6.42 Å². The van der Waals surface area contributed by atoms with Crippen LogP contribution in [-0.4, -0.2) is 24.9 Å². The second-order valence-electron chi connectivity index (χ2n) is 6.67. The highest BCUT2D eigenvalue weighted by Crippen LogP contribution is 2.26. The van der Waals surface area contributed by atoms with E-state index in [1.165, 1.54) is 0 Å². The van der Waals surface area contributed by atoms with E-state index in [0.29, 0.717) is 23.8 Å². The van der Waals surface area contributed by atoms with Crippen molar-refractivity contribution < 1.29 is 9.59 Å². The van der Waals surface area contributed by atoms with Crippen LogP contribution in [0.5, 0.6) is 0 Å². The quantitative estimate of drug-likeness (QED) is 0.730. The van der Waals surface area contributed by atoms with Crippen molar-refractivity contribution in [1.82, 2.24) is 10.6 Å². The third-order valence-corrected chi connectivity index (χ3v) is 4.93. The average Bonchev–Trinajstić information content (AvgIpc) is 2.56. The fourth-order valence-corrected chi connectivity index (χ4v) is 3.25. The smallest absolute Gasteiger partial charge is 0.247 e. The Balaban J connectivity index is 0.00000288. The largest absolute Gasteiger partial charge is 0.367 e. The van der Waals surface area contributed by atoms with Crippen LogP contribution >= 0.6 is 12.4 Å². The molecule has 0 bridgehead atoms. The standard InChI is InChI=1S/C18H27N3O2.ClH/c1-13(14-8-10-20-11-9-14)12-16(22)21-18(2,17(19)23)15-6-4-3-5-7-15;/h3-7,13-14,20H,8-12H2,1-2H3,(H2,19,23)(H,21,22);1H. The molecule has 2 unspecified atom stereocenters. The maximum absolute atomic E-state index is 12.5. The number of hydrogen-bond donors (Lipinski definition) is 3. The number of rotatable bonds is 6. The molecule has 1 heterocycles. The van der Waals surface area contributed by atoms with Crippen molar-refractivity contribution in [2.24, 2.45) is 17.6 Å². The number of amides is 2. The summed E-state index contributed by atoms with van der Waals surface area (Å²) >= 11 is 0. The predicted molar refractivity (Wildman–Crippen MR) is 97.8 cm³/mol. The van der Waals surface area contributed by atoms with Crippen LogP contribution in [0, 0.1) is 11.8 Å². The molecule has 0 saturated carbocycles. The van der Waals surface area contributed by atoms with Crippen molar-refractivity contribution in [2.45, 2.75) is 38.6 Å². The maximum atomic E-state index is 12.5. The number of nitrogens with two attached hydrogens (primary N) is 1. The first-order chi connectivity index (χ1) is 10.9. The molecule has 0 spiro atoms. The number of primary amides is 1. The zero-order valence-corrected chi connectivity index (χ0v) is 15.2. The van der Waals surface area contributed by atoms with E-state index in [4.69, 9.17) is 5.73 Å². The van der Waals surface area contributed by atoms with Crippen LogP contribution in [0.4, 0.5) is 0 Å². The first kappa shape index (κ1) is 20.5. The van der Waals surface area contributed by atoms with Gasteiger partial charge in [-0.15, -0.1) is 12.4 Å². The summed E-state index contributed by atoms with van der Waals surface area (Å²) in [6.45, 7) is 5.80. The summed E-state index contributed by atoms with van der Waals surface area (Å²) in [6.07, 6.45) is 2.61. The van der Waals surface area contributed by atoms with Crippen molar-refractivity contribution in [1.29, 1.82) is 0 Å². The van der Waals surface area contributed by atoms with Gasteiger partial charge in [0.05, 0.1) is 0 Å². The molecule has 134 valence electrons. The average molecular weight is 354 g/mol. The lowest BCUT2D eigenvalue weighted by Gasteiger charge is -2.31. The molecule has 0 aromatic heterocycles. The highest BCUT2D eigenvalue weighted by Gasteiger charge is 2.35. The number of halogens is 1. The summed E-state index contributed by atoms with van der Waals surface area (Å²) in [5.74, 6) is 0.177. The van der Waals surface area contributed by atoms with E-state index in [0.717, 1.165) is 25.9 Å². The lowest BCUT2D eigenvalue weighted by molar-refractivity contribution is -0.132. The van der Waals surface area contributed by atoms with E-state index in [2.05, 4.69) is 17.6 Å². The Morgan fingerprint density at radius 2 is 1.88 bits per heavy atom. The second kappa shape index (κ2) is 9.04.